The Kier molecular flexibility index (Phi) is 4.15. The van der Waals surface area contributed by atoms with Crippen LogP contribution in [-0.4, -0.2) is 39.9 Å². The van der Waals surface area contributed by atoms with Crippen LogP contribution in [0.4, 0.5) is 11.6 Å². The van der Waals surface area contributed by atoms with Gasteiger partial charge in [0.2, 0.25) is 11.9 Å². The fourth-order valence-corrected chi connectivity index (χ4v) is 4.30. The van der Waals surface area contributed by atoms with Crippen molar-refractivity contribution in [3.05, 3.63) is 48.3 Å². The number of hydrogen-bond acceptors (Lipinski definition) is 4. The zero-order valence-electron chi connectivity index (χ0n) is 14.8. The molecular formula is C20H24N4O. The highest BCUT2D eigenvalue weighted by Gasteiger charge is 2.40. The molecular weight excluding hydrogens is 312 g/mol. The molecule has 0 N–H and O–H groups in total. The normalized spacial score (nSPS) is 25.8. The Morgan fingerprint density at radius 1 is 1.04 bits per heavy atom. The van der Waals surface area contributed by atoms with E-state index in [-0.39, 0.29) is 11.9 Å². The van der Waals surface area contributed by atoms with E-state index in [4.69, 9.17) is 0 Å². The van der Waals surface area contributed by atoms with Crippen LogP contribution in [0.25, 0.3) is 0 Å². The molecule has 0 bridgehead atoms. The molecule has 1 aromatic carbocycles. The highest BCUT2D eigenvalue weighted by molar-refractivity contribution is 5.90. The Morgan fingerprint density at radius 3 is 2.44 bits per heavy atom. The van der Waals surface area contributed by atoms with Crippen LogP contribution >= 0.6 is 0 Å². The third kappa shape index (κ3) is 2.99. The second kappa shape index (κ2) is 6.47. The molecule has 3 unspecified atom stereocenters. The third-order valence-electron chi connectivity index (χ3n) is 5.21. The summed E-state index contributed by atoms with van der Waals surface area (Å²) in [4.78, 5) is 26.3. The van der Waals surface area contributed by atoms with Crippen LogP contribution in [0, 0.1) is 11.8 Å². The molecule has 1 fully saturated rings. The molecule has 2 aliphatic rings. The van der Waals surface area contributed by atoms with Crippen molar-refractivity contribution in [1.29, 1.82) is 0 Å². The van der Waals surface area contributed by atoms with Crippen molar-refractivity contribution in [2.45, 2.75) is 32.7 Å². The molecule has 4 rings (SSSR count). The molecule has 2 aliphatic heterocycles. The molecule has 0 aliphatic carbocycles. The second-order valence-corrected chi connectivity index (χ2v) is 7.46. The first-order valence-electron chi connectivity index (χ1n) is 9.06. The highest BCUT2D eigenvalue weighted by Crippen LogP contribution is 2.37. The van der Waals surface area contributed by atoms with Gasteiger partial charge >= 0.3 is 0 Å². The number of likely N-dealkylation sites (tertiary alicyclic amines) is 1. The Balaban J connectivity index is 1.67. The molecule has 1 amide bonds. The monoisotopic (exact) mass is 336 g/mol. The van der Waals surface area contributed by atoms with Crippen molar-refractivity contribution >= 4 is 17.5 Å². The summed E-state index contributed by atoms with van der Waals surface area (Å²) in [6.45, 7) is 6.16. The summed E-state index contributed by atoms with van der Waals surface area (Å²) in [7, 11) is 0. The molecule has 0 radical (unpaired) electrons. The maximum absolute atomic E-state index is 13.4. The first-order chi connectivity index (χ1) is 12.1. The van der Waals surface area contributed by atoms with Gasteiger partial charge in [0.05, 0.1) is 0 Å². The molecule has 1 aromatic heterocycles. The molecule has 1 saturated heterocycles. The fraction of sp³-hybridized carbons (Fsp3) is 0.450. The summed E-state index contributed by atoms with van der Waals surface area (Å²) in [5.41, 5.74) is 2.23. The number of nitrogens with zero attached hydrogens (tertiary/aromatic N) is 4. The predicted molar refractivity (Wildman–Crippen MR) is 97.6 cm³/mol. The molecule has 0 saturated carbocycles. The summed E-state index contributed by atoms with van der Waals surface area (Å²) >= 11 is 0. The first-order valence-corrected chi connectivity index (χ1v) is 9.06. The molecule has 5 nitrogen and oxygen atoms in total. The maximum atomic E-state index is 13.4. The SMILES string of the molecule is CC1CC(C)CN(C(=O)C2Cc3ccccc3N2c2ncccn2)C1. The van der Waals surface area contributed by atoms with Crippen molar-refractivity contribution in [1.82, 2.24) is 14.9 Å². The minimum atomic E-state index is -0.253. The lowest BCUT2D eigenvalue weighted by Gasteiger charge is -2.38. The van der Waals surface area contributed by atoms with Crippen molar-refractivity contribution in [2.24, 2.45) is 11.8 Å². The summed E-state index contributed by atoms with van der Waals surface area (Å²) in [5.74, 6) is 1.90. The average Bonchev–Trinajstić information content (AvgIpc) is 3.00. The highest BCUT2D eigenvalue weighted by atomic mass is 16.2. The van der Waals surface area contributed by atoms with Gasteiger partial charge in [-0.25, -0.2) is 9.97 Å². The number of rotatable bonds is 2. The second-order valence-electron chi connectivity index (χ2n) is 7.46. The number of hydrogen-bond donors (Lipinski definition) is 0. The van der Waals surface area contributed by atoms with Gasteiger partial charge in [-0.05, 0) is 36.0 Å². The largest absolute Gasteiger partial charge is 0.340 e. The molecule has 3 heterocycles. The molecule has 130 valence electrons. The summed E-state index contributed by atoms with van der Waals surface area (Å²) in [6.07, 6.45) is 5.37. The number of fused-ring (bicyclic) bond motifs is 1. The smallest absolute Gasteiger partial charge is 0.246 e. The number of benzene rings is 1. The van der Waals surface area contributed by atoms with Gasteiger partial charge in [-0.3, -0.25) is 9.69 Å². The Labute approximate surface area is 148 Å². The average molecular weight is 336 g/mol. The van der Waals surface area contributed by atoms with E-state index in [1.807, 2.05) is 21.9 Å². The van der Waals surface area contributed by atoms with Gasteiger partial charge in [-0.15, -0.1) is 0 Å². The topological polar surface area (TPSA) is 49.3 Å². The number of aromatic nitrogens is 2. The van der Waals surface area contributed by atoms with E-state index >= 15 is 0 Å². The Morgan fingerprint density at radius 2 is 1.72 bits per heavy atom. The Hall–Kier alpha value is -2.43. The quantitative estimate of drug-likeness (QED) is 0.846. The van der Waals surface area contributed by atoms with Crippen molar-refractivity contribution in [3.8, 4) is 0 Å². The van der Waals surface area contributed by atoms with Crippen LogP contribution in [0.2, 0.25) is 0 Å². The minimum Gasteiger partial charge on any atom is -0.340 e. The van der Waals surface area contributed by atoms with Crippen molar-refractivity contribution in [3.63, 3.8) is 0 Å². The summed E-state index contributed by atoms with van der Waals surface area (Å²) < 4.78 is 0. The van der Waals surface area contributed by atoms with Crippen LogP contribution < -0.4 is 4.90 Å². The number of carbonyl (C=O) groups is 1. The van der Waals surface area contributed by atoms with E-state index in [1.54, 1.807) is 18.5 Å². The number of anilines is 2. The molecule has 25 heavy (non-hydrogen) atoms. The number of carbonyl (C=O) groups excluding carboxylic acids is 1. The third-order valence-corrected chi connectivity index (χ3v) is 5.21. The molecule has 5 heteroatoms. The van der Waals surface area contributed by atoms with Crippen LogP contribution in [0.3, 0.4) is 0 Å². The van der Waals surface area contributed by atoms with E-state index in [0.29, 0.717) is 24.2 Å². The Bertz CT molecular complexity index is 753. The number of piperidine rings is 1. The standard InChI is InChI=1S/C20H24N4O/c1-14-10-15(2)13-23(12-14)19(25)18-11-16-6-3-4-7-17(16)24(18)20-21-8-5-9-22-20/h3-9,14-15,18H,10-13H2,1-2H3. The van der Waals surface area contributed by atoms with Gasteiger partial charge in [0.25, 0.3) is 0 Å². The van der Waals surface area contributed by atoms with Gasteiger partial charge in [-0.2, -0.15) is 0 Å². The van der Waals surface area contributed by atoms with E-state index in [2.05, 4.69) is 35.9 Å². The van der Waals surface area contributed by atoms with Gasteiger partial charge in [0.15, 0.2) is 0 Å². The van der Waals surface area contributed by atoms with Crippen LogP contribution in [0.15, 0.2) is 42.7 Å². The zero-order valence-corrected chi connectivity index (χ0v) is 14.8. The zero-order chi connectivity index (χ0) is 17.4. The van der Waals surface area contributed by atoms with E-state index in [9.17, 15) is 4.79 Å². The van der Waals surface area contributed by atoms with Crippen LogP contribution in [0.5, 0.6) is 0 Å². The summed E-state index contributed by atoms with van der Waals surface area (Å²) in [6, 6.07) is 9.74. The minimum absolute atomic E-state index is 0.196. The van der Waals surface area contributed by atoms with Gasteiger partial charge in [0, 0.05) is 37.6 Å². The van der Waals surface area contributed by atoms with Crippen LogP contribution in [-0.2, 0) is 11.2 Å². The van der Waals surface area contributed by atoms with Gasteiger partial charge in [-0.1, -0.05) is 32.0 Å². The van der Waals surface area contributed by atoms with Gasteiger partial charge < -0.3 is 4.90 Å². The first kappa shape index (κ1) is 16.1. The summed E-state index contributed by atoms with van der Waals surface area (Å²) in [5, 5.41) is 0. The van der Waals surface area contributed by atoms with E-state index in [1.165, 1.54) is 12.0 Å². The van der Waals surface area contributed by atoms with Crippen LogP contribution in [0.1, 0.15) is 25.8 Å². The van der Waals surface area contributed by atoms with Crippen molar-refractivity contribution in [2.75, 3.05) is 18.0 Å². The fourth-order valence-electron chi connectivity index (χ4n) is 4.30. The number of amides is 1. The lowest BCUT2D eigenvalue weighted by molar-refractivity contribution is -0.135. The van der Waals surface area contributed by atoms with Crippen molar-refractivity contribution < 1.29 is 4.79 Å². The van der Waals surface area contributed by atoms with E-state index < -0.39 is 0 Å². The molecule has 0 spiro atoms. The lowest BCUT2D eigenvalue weighted by atomic mass is 9.91. The predicted octanol–water partition coefficient (Wildman–Crippen LogP) is 3.04. The number of para-hydroxylation sites is 1. The van der Waals surface area contributed by atoms with E-state index in [0.717, 1.165) is 18.8 Å². The molecule has 2 aromatic rings. The molecule has 3 atom stereocenters. The van der Waals surface area contributed by atoms with Gasteiger partial charge in [0.1, 0.15) is 6.04 Å². The lowest BCUT2D eigenvalue weighted by Crippen LogP contribution is -2.51. The maximum Gasteiger partial charge on any atom is 0.246 e.